The number of nitrogens with two attached hydrogens (primary N) is 1. The summed E-state index contributed by atoms with van der Waals surface area (Å²) >= 11 is 5.79. The average molecular weight is 520 g/mol. The maximum atomic E-state index is 14.6. The summed E-state index contributed by atoms with van der Waals surface area (Å²) in [5.41, 5.74) is 6.17. The summed E-state index contributed by atoms with van der Waals surface area (Å²) in [6, 6.07) is 2.14. The van der Waals surface area contributed by atoms with E-state index in [9.17, 15) is 13.6 Å². The molecule has 9 nitrogen and oxygen atoms in total. The van der Waals surface area contributed by atoms with E-state index in [0.29, 0.717) is 49.4 Å². The Kier molecular flexibility index (Phi) is 6.94. The molecule has 2 aromatic heterocycles. The van der Waals surface area contributed by atoms with Gasteiger partial charge in [0, 0.05) is 29.6 Å². The van der Waals surface area contributed by atoms with Gasteiger partial charge in [-0.15, -0.1) is 0 Å². The van der Waals surface area contributed by atoms with Crippen molar-refractivity contribution in [1.29, 1.82) is 0 Å². The zero-order valence-electron chi connectivity index (χ0n) is 19.8. The van der Waals surface area contributed by atoms with Crippen LogP contribution in [0.5, 0.6) is 0 Å². The molecule has 1 saturated carbocycles. The summed E-state index contributed by atoms with van der Waals surface area (Å²) in [7, 11) is 0. The number of anilines is 3. The predicted molar refractivity (Wildman–Crippen MR) is 132 cm³/mol. The smallest absolute Gasteiger partial charge is 0.224 e. The highest BCUT2D eigenvalue weighted by Gasteiger charge is 2.30. The molecule has 12 heteroatoms. The van der Waals surface area contributed by atoms with Gasteiger partial charge in [-0.2, -0.15) is 4.98 Å². The van der Waals surface area contributed by atoms with E-state index < -0.39 is 11.6 Å². The number of carbonyl (C=O) groups is 1. The molecular weight excluding hydrogens is 492 g/mol. The number of imidazole rings is 1. The SMILES string of the molecule is C[C@H]1C[C@@H](Nc2ncc3nc(Nc4c(F)cc(Cl)cc4F)n(C4CCC(C(N)=O)CC4)c3n2)CCO1. The van der Waals surface area contributed by atoms with Crippen LogP contribution >= 0.6 is 11.6 Å². The zero-order chi connectivity index (χ0) is 25.4. The summed E-state index contributed by atoms with van der Waals surface area (Å²) in [4.78, 5) is 25.4. The quantitative estimate of drug-likeness (QED) is 0.432. The largest absolute Gasteiger partial charge is 0.378 e. The Labute approximate surface area is 211 Å². The van der Waals surface area contributed by atoms with E-state index in [2.05, 4.69) is 20.6 Å². The highest BCUT2D eigenvalue weighted by atomic mass is 35.5. The van der Waals surface area contributed by atoms with Crippen LogP contribution in [0.1, 0.15) is 51.5 Å². The molecule has 3 aromatic rings. The van der Waals surface area contributed by atoms with E-state index in [1.165, 1.54) is 0 Å². The highest BCUT2D eigenvalue weighted by Crippen LogP contribution is 2.38. The zero-order valence-corrected chi connectivity index (χ0v) is 20.6. The van der Waals surface area contributed by atoms with Crippen molar-refractivity contribution in [2.24, 2.45) is 11.7 Å². The van der Waals surface area contributed by atoms with Crippen LogP contribution in [-0.2, 0) is 9.53 Å². The number of primary amides is 1. The maximum Gasteiger partial charge on any atom is 0.224 e. The lowest BCUT2D eigenvalue weighted by atomic mass is 9.85. The van der Waals surface area contributed by atoms with Crippen molar-refractivity contribution in [3.8, 4) is 0 Å². The second-order valence-electron chi connectivity index (χ2n) is 9.53. The Hall–Kier alpha value is -3.05. The van der Waals surface area contributed by atoms with Crippen LogP contribution in [0.3, 0.4) is 0 Å². The second-order valence-corrected chi connectivity index (χ2v) is 9.97. The third-order valence-electron chi connectivity index (χ3n) is 6.96. The maximum absolute atomic E-state index is 14.6. The van der Waals surface area contributed by atoms with Crippen molar-refractivity contribution in [1.82, 2.24) is 19.5 Å². The van der Waals surface area contributed by atoms with Gasteiger partial charge in [0.1, 0.15) is 11.2 Å². The molecule has 2 aliphatic rings. The number of hydrogen-bond donors (Lipinski definition) is 3. The number of rotatable bonds is 6. The molecule has 4 N–H and O–H groups in total. The first kappa shape index (κ1) is 24.6. The fourth-order valence-corrected chi connectivity index (χ4v) is 5.29. The highest BCUT2D eigenvalue weighted by molar-refractivity contribution is 6.30. The molecular formula is C24H28ClF2N7O2. The van der Waals surface area contributed by atoms with Crippen molar-refractivity contribution in [3.05, 3.63) is 35.0 Å². The van der Waals surface area contributed by atoms with E-state index in [4.69, 9.17) is 27.1 Å². The number of fused-ring (bicyclic) bond motifs is 1. The normalized spacial score (nSPS) is 24.6. The molecule has 5 rings (SSSR count). The fraction of sp³-hybridized carbons (Fsp3) is 0.500. The molecule has 2 fully saturated rings. The third kappa shape index (κ3) is 5.08. The first-order valence-electron chi connectivity index (χ1n) is 12.1. The number of amides is 1. The van der Waals surface area contributed by atoms with Gasteiger partial charge in [-0.05, 0) is 57.6 Å². The lowest BCUT2D eigenvalue weighted by Gasteiger charge is -2.29. The molecule has 192 valence electrons. The first-order chi connectivity index (χ1) is 17.3. The topological polar surface area (TPSA) is 120 Å². The van der Waals surface area contributed by atoms with Crippen molar-refractivity contribution in [3.63, 3.8) is 0 Å². The summed E-state index contributed by atoms with van der Waals surface area (Å²) in [5.74, 6) is -1.49. The monoisotopic (exact) mass is 519 g/mol. The number of carbonyl (C=O) groups excluding carboxylic acids is 1. The van der Waals surface area contributed by atoms with E-state index >= 15 is 0 Å². The molecule has 1 saturated heterocycles. The fourth-order valence-electron chi connectivity index (χ4n) is 5.10. The Morgan fingerprint density at radius 1 is 1.17 bits per heavy atom. The van der Waals surface area contributed by atoms with Crippen LogP contribution in [0, 0.1) is 17.6 Å². The van der Waals surface area contributed by atoms with Crippen LogP contribution in [0.15, 0.2) is 18.3 Å². The lowest BCUT2D eigenvalue weighted by Crippen LogP contribution is -2.33. The van der Waals surface area contributed by atoms with Crippen molar-refractivity contribution < 1.29 is 18.3 Å². The van der Waals surface area contributed by atoms with Crippen molar-refractivity contribution >= 4 is 46.3 Å². The van der Waals surface area contributed by atoms with Gasteiger partial charge in [0.05, 0.1) is 12.3 Å². The average Bonchev–Trinajstić information content (AvgIpc) is 3.18. The summed E-state index contributed by atoms with van der Waals surface area (Å²) in [6.07, 6.45) is 5.92. The molecule has 36 heavy (non-hydrogen) atoms. The number of aromatic nitrogens is 4. The van der Waals surface area contributed by atoms with Gasteiger partial charge >= 0.3 is 0 Å². The molecule has 0 spiro atoms. The van der Waals surface area contributed by atoms with Gasteiger partial charge in [0.15, 0.2) is 17.3 Å². The van der Waals surface area contributed by atoms with Gasteiger partial charge in [-0.3, -0.25) is 9.36 Å². The standard InChI is InChI=1S/C24H28ClF2N7O2/c1-12-8-15(6-7-36-12)30-23-29-11-19-22(33-23)34(16-4-2-13(3-5-16)21(28)35)24(31-19)32-20-17(26)9-14(25)10-18(20)27/h9-13,15-16H,2-8H2,1H3,(H2,28,35)(H,31,32)(H,29,30,33)/t12-,13?,15-,16?/m0/s1. The van der Waals surface area contributed by atoms with E-state index in [1.807, 2.05) is 11.5 Å². The first-order valence-corrected chi connectivity index (χ1v) is 12.5. The molecule has 0 unspecified atom stereocenters. The molecule has 1 aromatic carbocycles. The lowest BCUT2D eigenvalue weighted by molar-refractivity contribution is -0.122. The number of nitrogens with zero attached hydrogens (tertiary/aromatic N) is 4. The predicted octanol–water partition coefficient (Wildman–Crippen LogP) is 4.70. The molecule has 0 radical (unpaired) electrons. The van der Waals surface area contributed by atoms with Gasteiger partial charge < -0.3 is 21.1 Å². The molecule has 1 amide bonds. The van der Waals surface area contributed by atoms with Crippen LogP contribution in [-0.4, -0.2) is 44.2 Å². The molecule has 0 bridgehead atoms. The minimum Gasteiger partial charge on any atom is -0.378 e. The summed E-state index contributed by atoms with van der Waals surface area (Å²) in [5, 5.41) is 6.15. The van der Waals surface area contributed by atoms with Gasteiger partial charge in [0.2, 0.25) is 17.8 Å². The Bertz CT molecular complexity index is 1260. The molecule has 3 heterocycles. The van der Waals surface area contributed by atoms with Gasteiger partial charge in [-0.1, -0.05) is 11.6 Å². The van der Waals surface area contributed by atoms with Crippen LogP contribution < -0.4 is 16.4 Å². The number of hydrogen-bond acceptors (Lipinski definition) is 7. The molecule has 1 aliphatic heterocycles. The van der Waals surface area contributed by atoms with Crippen LogP contribution in [0.4, 0.5) is 26.4 Å². The van der Waals surface area contributed by atoms with Crippen LogP contribution in [0.2, 0.25) is 5.02 Å². The summed E-state index contributed by atoms with van der Waals surface area (Å²) < 4.78 is 36.7. The van der Waals surface area contributed by atoms with E-state index in [0.717, 1.165) is 25.0 Å². The Balaban J connectivity index is 1.51. The third-order valence-corrected chi connectivity index (χ3v) is 7.18. The van der Waals surface area contributed by atoms with Gasteiger partial charge in [-0.25, -0.2) is 18.7 Å². The minimum absolute atomic E-state index is 0.0437. The van der Waals surface area contributed by atoms with Crippen molar-refractivity contribution in [2.75, 3.05) is 17.2 Å². The van der Waals surface area contributed by atoms with Gasteiger partial charge in [0.25, 0.3) is 0 Å². The van der Waals surface area contributed by atoms with E-state index in [-0.39, 0.29) is 46.7 Å². The molecule has 1 aliphatic carbocycles. The number of ether oxygens (including phenoxy) is 1. The minimum atomic E-state index is -0.835. The summed E-state index contributed by atoms with van der Waals surface area (Å²) in [6.45, 7) is 2.69. The number of nitrogens with one attached hydrogen (secondary N) is 2. The Morgan fingerprint density at radius 3 is 2.56 bits per heavy atom. The number of halogens is 3. The van der Waals surface area contributed by atoms with E-state index in [1.54, 1.807) is 6.20 Å². The Morgan fingerprint density at radius 2 is 1.89 bits per heavy atom. The van der Waals surface area contributed by atoms with Crippen LogP contribution in [0.25, 0.3) is 11.2 Å². The second kappa shape index (κ2) is 10.1. The van der Waals surface area contributed by atoms with Crippen molar-refractivity contribution in [2.45, 2.75) is 63.6 Å². The molecule has 2 atom stereocenters. The number of benzene rings is 1.